The van der Waals surface area contributed by atoms with Crippen LogP contribution in [0.25, 0.3) is 11.1 Å². The number of hydrogen-bond acceptors (Lipinski definition) is 6. The molecule has 2 aromatic heterocycles. The molecule has 1 unspecified atom stereocenters. The van der Waals surface area contributed by atoms with Crippen LogP contribution in [0.5, 0.6) is 0 Å². The third-order valence-corrected chi connectivity index (χ3v) is 4.59. The molecule has 0 aromatic carbocycles. The largest absolute Gasteiger partial charge is 0.405 e. The Morgan fingerprint density at radius 1 is 1.37 bits per heavy atom. The van der Waals surface area contributed by atoms with Crippen molar-refractivity contribution in [3.05, 3.63) is 23.5 Å². The Kier molecular flexibility index (Phi) is 5.66. The van der Waals surface area contributed by atoms with Crippen molar-refractivity contribution in [1.82, 2.24) is 25.7 Å². The summed E-state index contributed by atoms with van der Waals surface area (Å²) < 4.78 is 45.4. The molecule has 0 spiro atoms. The standard InChI is InChI=1S/C17H22F3N5O2/c1-10(2)14-12-7-11(8-23-16(12)27-24-14)15(26)22-9-13(17(18,19)20)25-5-3-21-4-6-25/h7-8,10,13,21H,3-6,9H2,1-2H3,(H,22,26). The number of nitrogens with one attached hydrogen (secondary N) is 2. The topological polar surface area (TPSA) is 83.3 Å². The minimum Gasteiger partial charge on any atom is -0.350 e. The maximum absolute atomic E-state index is 13.4. The summed E-state index contributed by atoms with van der Waals surface area (Å²) in [6.07, 6.45) is -3.15. The van der Waals surface area contributed by atoms with Crippen LogP contribution in [0.3, 0.4) is 0 Å². The molecule has 2 aromatic rings. The minimum atomic E-state index is -4.42. The molecule has 148 valence electrons. The number of carbonyl (C=O) groups excluding carboxylic acids is 1. The third-order valence-electron chi connectivity index (χ3n) is 4.59. The van der Waals surface area contributed by atoms with Crippen molar-refractivity contribution in [1.29, 1.82) is 0 Å². The molecule has 27 heavy (non-hydrogen) atoms. The molecule has 7 nitrogen and oxygen atoms in total. The number of alkyl halides is 3. The highest BCUT2D eigenvalue weighted by molar-refractivity contribution is 5.97. The van der Waals surface area contributed by atoms with E-state index in [4.69, 9.17) is 4.52 Å². The van der Waals surface area contributed by atoms with Crippen molar-refractivity contribution >= 4 is 17.0 Å². The summed E-state index contributed by atoms with van der Waals surface area (Å²) in [5.74, 6) is -0.543. The fraction of sp³-hybridized carbons (Fsp3) is 0.588. The normalized spacial score (nSPS) is 17.4. The van der Waals surface area contributed by atoms with E-state index in [1.807, 2.05) is 13.8 Å². The van der Waals surface area contributed by atoms with Crippen LogP contribution in [-0.4, -0.2) is 65.9 Å². The van der Waals surface area contributed by atoms with Gasteiger partial charge in [0, 0.05) is 38.9 Å². The van der Waals surface area contributed by atoms with Gasteiger partial charge in [0.25, 0.3) is 11.6 Å². The molecule has 0 bridgehead atoms. The van der Waals surface area contributed by atoms with E-state index >= 15 is 0 Å². The summed E-state index contributed by atoms with van der Waals surface area (Å²) in [6, 6.07) is -0.168. The Labute approximate surface area is 154 Å². The van der Waals surface area contributed by atoms with Crippen LogP contribution in [0.2, 0.25) is 0 Å². The van der Waals surface area contributed by atoms with Gasteiger partial charge in [0.05, 0.1) is 16.6 Å². The summed E-state index contributed by atoms with van der Waals surface area (Å²) in [7, 11) is 0. The highest BCUT2D eigenvalue weighted by Crippen LogP contribution is 2.26. The van der Waals surface area contributed by atoms with Crippen LogP contribution in [-0.2, 0) is 0 Å². The second-order valence-corrected chi connectivity index (χ2v) is 6.85. The molecule has 1 aliphatic rings. The number of hydrogen-bond donors (Lipinski definition) is 2. The lowest BCUT2D eigenvalue weighted by Crippen LogP contribution is -2.57. The van der Waals surface area contributed by atoms with Crippen molar-refractivity contribution in [3.8, 4) is 0 Å². The van der Waals surface area contributed by atoms with Crippen LogP contribution in [0.15, 0.2) is 16.8 Å². The number of carbonyl (C=O) groups is 1. The van der Waals surface area contributed by atoms with Gasteiger partial charge in [-0.1, -0.05) is 19.0 Å². The minimum absolute atomic E-state index is 0.0636. The van der Waals surface area contributed by atoms with Gasteiger partial charge < -0.3 is 15.2 Å². The average Bonchev–Trinajstić information content (AvgIpc) is 3.05. The summed E-state index contributed by atoms with van der Waals surface area (Å²) in [6.45, 7) is 4.88. The zero-order valence-electron chi connectivity index (χ0n) is 15.1. The van der Waals surface area contributed by atoms with Gasteiger partial charge in [-0.2, -0.15) is 13.2 Å². The van der Waals surface area contributed by atoms with E-state index in [1.165, 1.54) is 11.1 Å². The summed E-state index contributed by atoms with van der Waals surface area (Å²) in [5.41, 5.74) is 1.12. The quantitative estimate of drug-likeness (QED) is 0.818. The summed E-state index contributed by atoms with van der Waals surface area (Å²) in [5, 5.41) is 9.94. The van der Waals surface area contributed by atoms with Crippen molar-refractivity contribution in [2.24, 2.45) is 0 Å². The highest BCUT2D eigenvalue weighted by Gasteiger charge is 2.43. The second kappa shape index (κ2) is 7.81. The predicted molar refractivity (Wildman–Crippen MR) is 92.5 cm³/mol. The SMILES string of the molecule is CC(C)c1noc2ncc(C(=O)NCC(N3CCNCC3)C(F)(F)F)cc12. The van der Waals surface area contributed by atoms with Gasteiger partial charge in [0.1, 0.15) is 6.04 Å². The van der Waals surface area contributed by atoms with E-state index in [9.17, 15) is 18.0 Å². The van der Waals surface area contributed by atoms with Gasteiger partial charge in [-0.3, -0.25) is 9.69 Å². The van der Waals surface area contributed by atoms with Crippen molar-refractivity contribution in [3.63, 3.8) is 0 Å². The summed E-state index contributed by atoms with van der Waals surface area (Å²) in [4.78, 5) is 17.8. The van der Waals surface area contributed by atoms with Crippen LogP contribution in [0, 0.1) is 0 Å². The molecule has 10 heteroatoms. The number of aromatic nitrogens is 2. The van der Waals surface area contributed by atoms with Crippen molar-refractivity contribution in [2.45, 2.75) is 32.0 Å². The van der Waals surface area contributed by atoms with Crippen LogP contribution in [0.4, 0.5) is 13.2 Å². The van der Waals surface area contributed by atoms with Crippen molar-refractivity contribution < 1.29 is 22.5 Å². The smallest absolute Gasteiger partial charge is 0.350 e. The van der Waals surface area contributed by atoms with Gasteiger partial charge in [-0.25, -0.2) is 4.98 Å². The predicted octanol–water partition coefficient (Wildman–Crippen LogP) is 1.91. The fourth-order valence-corrected chi connectivity index (χ4v) is 3.13. The average molecular weight is 385 g/mol. The van der Waals surface area contributed by atoms with E-state index < -0.39 is 24.7 Å². The van der Waals surface area contributed by atoms with E-state index in [0.29, 0.717) is 29.9 Å². The lowest BCUT2D eigenvalue weighted by molar-refractivity contribution is -0.183. The molecule has 1 fully saturated rings. The molecule has 3 heterocycles. The van der Waals surface area contributed by atoms with Gasteiger partial charge in [-0.15, -0.1) is 0 Å². The van der Waals surface area contributed by atoms with Crippen LogP contribution < -0.4 is 10.6 Å². The monoisotopic (exact) mass is 385 g/mol. The number of fused-ring (bicyclic) bond motifs is 1. The number of amides is 1. The van der Waals surface area contributed by atoms with Crippen LogP contribution in [0.1, 0.15) is 35.8 Å². The first-order valence-corrected chi connectivity index (χ1v) is 8.82. The number of halogens is 3. The number of rotatable bonds is 5. The number of pyridine rings is 1. The van der Waals surface area contributed by atoms with Gasteiger partial charge >= 0.3 is 6.18 Å². The Bertz CT molecular complexity index is 799. The van der Waals surface area contributed by atoms with Crippen molar-refractivity contribution in [2.75, 3.05) is 32.7 Å². The van der Waals surface area contributed by atoms with Gasteiger partial charge in [0.2, 0.25) is 0 Å². The first-order chi connectivity index (χ1) is 12.8. The number of nitrogens with zero attached hydrogens (tertiary/aromatic N) is 3. The Morgan fingerprint density at radius 2 is 2.07 bits per heavy atom. The van der Waals surface area contributed by atoms with Gasteiger partial charge in [0.15, 0.2) is 0 Å². The van der Waals surface area contributed by atoms with E-state index in [1.54, 1.807) is 6.07 Å². The van der Waals surface area contributed by atoms with Crippen LogP contribution >= 0.6 is 0 Å². The molecule has 2 N–H and O–H groups in total. The molecule has 3 rings (SSSR count). The third kappa shape index (κ3) is 4.38. The molecule has 0 aliphatic carbocycles. The first-order valence-electron chi connectivity index (χ1n) is 8.82. The molecule has 1 aliphatic heterocycles. The Hall–Kier alpha value is -2.20. The first kappa shape index (κ1) is 19.6. The molecular formula is C17H22F3N5O2. The van der Waals surface area contributed by atoms with E-state index in [-0.39, 0.29) is 24.6 Å². The molecule has 1 atom stereocenters. The molecular weight excluding hydrogens is 363 g/mol. The van der Waals surface area contributed by atoms with Gasteiger partial charge in [-0.05, 0) is 12.0 Å². The molecule has 0 radical (unpaired) electrons. The van der Waals surface area contributed by atoms with E-state index in [2.05, 4.69) is 20.8 Å². The highest BCUT2D eigenvalue weighted by atomic mass is 19.4. The zero-order chi connectivity index (χ0) is 19.6. The molecule has 0 saturated carbocycles. The Balaban J connectivity index is 1.73. The Morgan fingerprint density at radius 3 is 2.70 bits per heavy atom. The summed E-state index contributed by atoms with van der Waals surface area (Å²) >= 11 is 0. The second-order valence-electron chi connectivity index (χ2n) is 6.85. The number of piperazine rings is 1. The maximum Gasteiger partial charge on any atom is 0.405 e. The molecule has 1 saturated heterocycles. The zero-order valence-corrected chi connectivity index (χ0v) is 15.1. The fourth-order valence-electron chi connectivity index (χ4n) is 3.13. The van der Waals surface area contributed by atoms with E-state index in [0.717, 1.165) is 0 Å². The lowest BCUT2D eigenvalue weighted by Gasteiger charge is -2.35. The maximum atomic E-state index is 13.4. The molecule has 1 amide bonds. The lowest BCUT2D eigenvalue weighted by atomic mass is 10.1.